The van der Waals surface area contributed by atoms with Crippen molar-refractivity contribution in [3.8, 4) is 0 Å². The van der Waals surface area contributed by atoms with Gasteiger partial charge in [-0.3, -0.25) is 9.78 Å². The van der Waals surface area contributed by atoms with E-state index in [0.29, 0.717) is 11.1 Å². The summed E-state index contributed by atoms with van der Waals surface area (Å²) in [5.74, 6) is -0.121. The number of benzene rings is 1. The van der Waals surface area contributed by atoms with E-state index in [1.54, 1.807) is 60.7 Å². The first kappa shape index (κ1) is 13.2. The lowest BCUT2D eigenvalue weighted by atomic mass is 10.1. The fourth-order valence-electron chi connectivity index (χ4n) is 1.68. The molecule has 0 unspecified atom stereocenters. The Hall–Kier alpha value is -2.27. The average molecular weight is 271 g/mol. The number of aromatic nitrogens is 1. The van der Waals surface area contributed by atoms with Crippen LogP contribution >= 0.6 is 12.2 Å². The minimum absolute atomic E-state index is 0.121. The van der Waals surface area contributed by atoms with E-state index in [2.05, 4.69) is 4.98 Å². The van der Waals surface area contributed by atoms with Crippen LogP contribution in [0.5, 0.6) is 0 Å². The molecule has 2 rings (SSSR count). The van der Waals surface area contributed by atoms with Gasteiger partial charge in [-0.1, -0.05) is 24.4 Å². The Labute approximate surface area is 116 Å². The van der Waals surface area contributed by atoms with Crippen LogP contribution in [0, 0.1) is 0 Å². The van der Waals surface area contributed by atoms with Gasteiger partial charge in [0.2, 0.25) is 0 Å². The maximum atomic E-state index is 12.3. The number of carbonyl (C=O) groups excluding carboxylic acids is 1. The molecule has 0 radical (unpaired) electrons. The third kappa shape index (κ3) is 2.95. The molecule has 1 aromatic heterocycles. The van der Waals surface area contributed by atoms with E-state index in [0.717, 1.165) is 5.69 Å². The number of thiocarbonyl (C=S) groups is 1. The predicted octanol–water partition coefficient (Wildman–Crippen LogP) is 1.99. The van der Waals surface area contributed by atoms with Gasteiger partial charge < -0.3 is 10.6 Å². The molecule has 19 heavy (non-hydrogen) atoms. The SMILES string of the molecule is CN(C(=O)c1cccc(C(N)=S)c1)c1ccncc1. The monoisotopic (exact) mass is 271 g/mol. The molecule has 0 fully saturated rings. The predicted molar refractivity (Wildman–Crippen MR) is 79.3 cm³/mol. The molecular weight excluding hydrogens is 258 g/mol. The van der Waals surface area contributed by atoms with Crippen molar-refractivity contribution in [3.05, 3.63) is 59.9 Å². The van der Waals surface area contributed by atoms with Crippen molar-refractivity contribution in [2.75, 3.05) is 11.9 Å². The number of pyridine rings is 1. The second-order valence-electron chi connectivity index (χ2n) is 4.01. The fraction of sp³-hybridized carbons (Fsp3) is 0.0714. The Morgan fingerprint density at radius 2 is 1.84 bits per heavy atom. The quantitative estimate of drug-likeness (QED) is 0.867. The lowest BCUT2D eigenvalue weighted by Crippen LogP contribution is -2.26. The van der Waals surface area contributed by atoms with E-state index < -0.39 is 0 Å². The zero-order valence-corrected chi connectivity index (χ0v) is 11.2. The second-order valence-corrected chi connectivity index (χ2v) is 4.45. The minimum Gasteiger partial charge on any atom is -0.389 e. The first-order valence-corrected chi connectivity index (χ1v) is 6.08. The van der Waals surface area contributed by atoms with Crippen LogP contribution in [0.25, 0.3) is 0 Å². The Bertz CT molecular complexity index is 613. The molecular formula is C14H13N3OS. The van der Waals surface area contributed by atoms with E-state index in [9.17, 15) is 4.79 Å². The third-order valence-corrected chi connectivity index (χ3v) is 2.98. The Morgan fingerprint density at radius 3 is 2.47 bits per heavy atom. The minimum atomic E-state index is -0.121. The summed E-state index contributed by atoms with van der Waals surface area (Å²) >= 11 is 4.91. The Morgan fingerprint density at radius 1 is 1.21 bits per heavy atom. The fourth-order valence-corrected chi connectivity index (χ4v) is 1.81. The smallest absolute Gasteiger partial charge is 0.258 e. The lowest BCUT2D eigenvalue weighted by Gasteiger charge is -2.17. The molecule has 0 aliphatic rings. The van der Waals surface area contributed by atoms with E-state index in [4.69, 9.17) is 18.0 Å². The molecule has 0 aliphatic carbocycles. The van der Waals surface area contributed by atoms with Gasteiger partial charge in [-0.15, -0.1) is 0 Å². The van der Waals surface area contributed by atoms with Crippen LogP contribution in [0.1, 0.15) is 15.9 Å². The highest BCUT2D eigenvalue weighted by molar-refractivity contribution is 7.80. The van der Waals surface area contributed by atoms with Gasteiger partial charge in [-0.05, 0) is 24.3 Å². The van der Waals surface area contributed by atoms with Gasteiger partial charge in [0.25, 0.3) is 5.91 Å². The molecule has 1 amide bonds. The summed E-state index contributed by atoms with van der Waals surface area (Å²) in [6.45, 7) is 0. The van der Waals surface area contributed by atoms with Crippen molar-refractivity contribution >= 4 is 28.8 Å². The van der Waals surface area contributed by atoms with Gasteiger partial charge in [0.1, 0.15) is 4.99 Å². The molecule has 0 atom stereocenters. The highest BCUT2D eigenvalue weighted by atomic mass is 32.1. The summed E-state index contributed by atoms with van der Waals surface area (Å²) in [6.07, 6.45) is 3.29. The van der Waals surface area contributed by atoms with Gasteiger partial charge in [0.05, 0.1) is 0 Å². The van der Waals surface area contributed by atoms with Crippen LogP contribution in [0.4, 0.5) is 5.69 Å². The largest absolute Gasteiger partial charge is 0.389 e. The number of rotatable bonds is 3. The molecule has 0 aliphatic heterocycles. The van der Waals surface area contributed by atoms with Gasteiger partial charge in [0, 0.05) is 36.3 Å². The van der Waals surface area contributed by atoms with Crippen LogP contribution in [0.15, 0.2) is 48.8 Å². The van der Waals surface area contributed by atoms with Crippen molar-refractivity contribution in [3.63, 3.8) is 0 Å². The summed E-state index contributed by atoms with van der Waals surface area (Å²) in [7, 11) is 1.71. The topological polar surface area (TPSA) is 59.2 Å². The Kier molecular flexibility index (Phi) is 3.87. The van der Waals surface area contributed by atoms with Crippen molar-refractivity contribution in [1.29, 1.82) is 0 Å². The second kappa shape index (κ2) is 5.58. The normalized spacial score (nSPS) is 9.95. The maximum Gasteiger partial charge on any atom is 0.258 e. The molecule has 0 bridgehead atoms. The number of nitrogens with zero attached hydrogens (tertiary/aromatic N) is 2. The molecule has 4 nitrogen and oxygen atoms in total. The van der Waals surface area contributed by atoms with E-state index >= 15 is 0 Å². The standard InChI is InChI=1S/C14H13N3OS/c1-17(12-5-7-16-8-6-12)14(18)11-4-2-3-10(9-11)13(15)19/h2-9H,1H3,(H2,15,19). The van der Waals surface area contributed by atoms with Crippen LogP contribution in [-0.2, 0) is 0 Å². The van der Waals surface area contributed by atoms with E-state index in [-0.39, 0.29) is 10.9 Å². The van der Waals surface area contributed by atoms with Crippen LogP contribution in [-0.4, -0.2) is 22.9 Å². The molecule has 96 valence electrons. The van der Waals surface area contributed by atoms with Crippen molar-refractivity contribution in [2.45, 2.75) is 0 Å². The molecule has 0 saturated heterocycles. The highest BCUT2D eigenvalue weighted by Gasteiger charge is 2.13. The summed E-state index contributed by atoms with van der Waals surface area (Å²) in [5, 5.41) is 0. The average Bonchev–Trinajstić information content (AvgIpc) is 2.46. The molecule has 0 spiro atoms. The number of hydrogen-bond donors (Lipinski definition) is 1. The number of hydrogen-bond acceptors (Lipinski definition) is 3. The van der Waals surface area contributed by atoms with Gasteiger partial charge >= 0.3 is 0 Å². The Balaban J connectivity index is 2.29. The molecule has 5 heteroatoms. The molecule has 2 aromatic rings. The van der Waals surface area contributed by atoms with Gasteiger partial charge in [0.15, 0.2) is 0 Å². The summed E-state index contributed by atoms with van der Waals surface area (Å²) < 4.78 is 0. The highest BCUT2D eigenvalue weighted by Crippen LogP contribution is 2.15. The first-order chi connectivity index (χ1) is 9.09. The third-order valence-electron chi connectivity index (χ3n) is 2.75. The first-order valence-electron chi connectivity index (χ1n) is 5.67. The van der Waals surface area contributed by atoms with Crippen molar-refractivity contribution in [2.24, 2.45) is 5.73 Å². The zero-order chi connectivity index (χ0) is 13.8. The summed E-state index contributed by atoms with van der Waals surface area (Å²) in [5.41, 5.74) is 7.58. The summed E-state index contributed by atoms with van der Waals surface area (Å²) in [6, 6.07) is 10.5. The molecule has 1 heterocycles. The molecule has 1 aromatic carbocycles. The van der Waals surface area contributed by atoms with Crippen molar-refractivity contribution in [1.82, 2.24) is 4.98 Å². The zero-order valence-electron chi connectivity index (χ0n) is 10.4. The maximum absolute atomic E-state index is 12.3. The number of nitrogens with two attached hydrogens (primary N) is 1. The molecule has 2 N–H and O–H groups in total. The number of amides is 1. The van der Waals surface area contributed by atoms with Crippen LogP contribution < -0.4 is 10.6 Å². The van der Waals surface area contributed by atoms with Crippen LogP contribution in [0.3, 0.4) is 0 Å². The van der Waals surface area contributed by atoms with Crippen molar-refractivity contribution < 1.29 is 4.79 Å². The van der Waals surface area contributed by atoms with Gasteiger partial charge in [-0.25, -0.2) is 0 Å². The van der Waals surface area contributed by atoms with E-state index in [1.165, 1.54) is 0 Å². The number of anilines is 1. The molecule has 0 saturated carbocycles. The van der Waals surface area contributed by atoms with Crippen LogP contribution in [0.2, 0.25) is 0 Å². The summed E-state index contributed by atoms with van der Waals surface area (Å²) in [4.78, 5) is 18.1. The van der Waals surface area contributed by atoms with Gasteiger partial charge in [-0.2, -0.15) is 0 Å². The van der Waals surface area contributed by atoms with E-state index in [1.807, 2.05) is 0 Å². The lowest BCUT2D eigenvalue weighted by molar-refractivity contribution is 0.0993. The number of carbonyl (C=O) groups is 1.